The maximum absolute atomic E-state index is 5.29. The van der Waals surface area contributed by atoms with E-state index in [1.54, 1.807) is 7.11 Å². The first-order chi connectivity index (χ1) is 6.36. The molecule has 0 saturated heterocycles. The van der Waals surface area contributed by atoms with E-state index in [-0.39, 0.29) is 0 Å². The van der Waals surface area contributed by atoms with Crippen molar-refractivity contribution in [3.8, 4) is 5.75 Å². The number of ether oxygens (including phenoxy) is 2. The molecule has 1 N–H and O–H groups in total. The van der Waals surface area contributed by atoms with E-state index >= 15 is 0 Å². The van der Waals surface area contributed by atoms with E-state index in [0.29, 0.717) is 6.79 Å². The number of hydrogen-bond donors (Lipinski definition) is 1. The van der Waals surface area contributed by atoms with Crippen molar-refractivity contribution in [1.29, 1.82) is 0 Å². The smallest absolute Gasteiger partial charge is 0.188 e. The minimum absolute atomic E-state index is 0.295. The molecule has 0 unspecified atom stereocenters. The Morgan fingerprint density at radius 3 is 2.92 bits per heavy atom. The van der Waals surface area contributed by atoms with Gasteiger partial charge in [0.15, 0.2) is 6.79 Å². The SMILES string of the molecule is CNCc1cccc(OCOC)c1. The average Bonchev–Trinajstić information content (AvgIpc) is 2.16. The van der Waals surface area contributed by atoms with Crippen LogP contribution in [0.15, 0.2) is 24.3 Å². The van der Waals surface area contributed by atoms with E-state index in [1.165, 1.54) is 5.56 Å². The minimum atomic E-state index is 0.295. The Balaban J connectivity index is 2.56. The number of methoxy groups -OCH3 is 1. The van der Waals surface area contributed by atoms with Crippen LogP contribution >= 0.6 is 0 Å². The van der Waals surface area contributed by atoms with Crippen LogP contribution in [0.3, 0.4) is 0 Å². The third-order valence-corrected chi connectivity index (χ3v) is 1.62. The van der Waals surface area contributed by atoms with E-state index in [9.17, 15) is 0 Å². The summed E-state index contributed by atoms with van der Waals surface area (Å²) >= 11 is 0. The fraction of sp³-hybridized carbons (Fsp3) is 0.400. The summed E-state index contributed by atoms with van der Waals surface area (Å²) in [5.41, 5.74) is 1.20. The third-order valence-electron chi connectivity index (χ3n) is 1.62. The van der Waals surface area contributed by atoms with Gasteiger partial charge >= 0.3 is 0 Å². The Morgan fingerprint density at radius 2 is 2.23 bits per heavy atom. The van der Waals surface area contributed by atoms with Gasteiger partial charge in [0, 0.05) is 13.7 Å². The highest BCUT2D eigenvalue weighted by Crippen LogP contribution is 2.12. The summed E-state index contributed by atoms with van der Waals surface area (Å²) in [7, 11) is 3.53. The summed E-state index contributed by atoms with van der Waals surface area (Å²) in [5, 5.41) is 3.08. The number of nitrogens with one attached hydrogen (secondary N) is 1. The van der Waals surface area contributed by atoms with Gasteiger partial charge in [-0.25, -0.2) is 0 Å². The van der Waals surface area contributed by atoms with Crippen LogP contribution in [0.4, 0.5) is 0 Å². The van der Waals surface area contributed by atoms with Crippen molar-refractivity contribution in [1.82, 2.24) is 5.32 Å². The molecule has 1 aromatic rings. The standard InChI is InChI=1S/C10H15NO2/c1-11-7-9-4-3-5-10(6-9)13-8-12-2/h3-6,11H,7-8H2,1-2H3. The number of rotatable bonds is 5. The molecule has 0 aliphatic carbocycles. The summed E-state index contributed by atoms with van der Waals surface area (Å²) in [6.07, 6.45) is 0. The summed E-state index contributed by atoms with van der Waals surface area (Å²) in [6.45, 7) is 1.15. The highest BCUT2D eigenvalue weighted by atomic mass is 16.7. The first kappa shape index (κ1) is 10.0. The molecule has 1 aromatic carbocycles. The predicted molar refractivity (Wildman–Crippen MR) is 51.7 cm³/mol. The second-order valence-corrected chi connectivity index (χ2v) is 2.73. The number of hydrogen-bond acceptors (Lipinski definition) is 3. The van der Waals surface area contributed by atoms with Crippen LogP contribution < -0.4 is 10.1 Å². The zero-order valence-corrected chi connectivity index (χ0v) is 8.04. The Hall–Kier alpha value is -1.06. The molecule has 0 atom stereocenters. The normalized spacial score (nSPS) is 10.0. The van der Waals surface area contributed by atoms with Gasteiger partial charge in [0.2, 0.25) is 0 Å². The molecule has 0 fully saturated rings. The van der Waals surface area contributed by atoms with Crippen LogP contribution in [-0.4, -0.2) is 21.0 Å². The zero-order chi connectivity index (χ0) is 9.52. The van der Waals surface area contributed by atoms with Crippen molar-refractivity contribution in [2.45, 2.75) is 6.54 Å². The molecule has 0 aliphatic rings. The Morgan fingerprint density at radius 1 is 1.38 bits per heavy atom. The van der Waals surface area contributed by atoms with Crippen molar-refractivity contribution in [3.05, 3.63) is 29.8 Å². The quantitative estimate of drug-likeness (QED) is 0.696. The first-order valence-corrected chi connectivity index (χ1v) is 4.22. The Bertz CT molecular complexity index is 250. The molecule has 13 heavy (non-hydrogen) atoms. The van der Waals surface area contributed by atoms with Crippen molar-refractivity contribution in [3.63, 3.8) is 0 Å². The molecule has 3 nitrogen and oxygen atoms in total. The maximum atomic E-state index is 5.29. The van der Waals surface area contributed by atoms with Crippen molar-refractivity contribution in [2.75, 3.05) is 21.0 Å². The number of benzene rings is 1. The highest BCUT2D eigenvalue weighted by molar-refractivity contribution is 5.28. The van der Waals surface area contributed by atoms with Gasteiger partial charge in [-0.1, -0.05) is 12.1 Å². The molecule has 0 aromatic heterocycles. The largest absolute Gasteiger partial charge is 0.468 e. The maximum Gasteiger partial charge on any atom is 0.188 e. The molecule has 0 saturated carbocycles. The Labute approximate surface area is 78.7 Å². The molecule has 0 aliphatic heterocycles. The second kappa shape index (κ2) is 5.56. The van der Waals surface area contributed by atoms with Crippen LogP contribution in [0, 0.1) is 0 Å². The van der Waals surface area contributed by atoms with E-state index in [4.69, 9.17) is 9.47 Å². The Kier molecular flexibility index (Phi) is 4.29. The molecule has 0 bridgehead atoms. The fourth-order valence-electron chi connectivity index (χ4n) is 1.08. The topological polar surface area (TPSA) is 30.5 Å². The van der Waals surface area contributed by atoms with Crippen LogP contribution in [0.2, 0.25) is 0 Å². The van der Waals surface area contributed by atoms with Gasteiger partial charge in [-0.2, -0.15) is 0 Å². The second-order valence-electron chi connectivity index (χ2n) is 2.73. The molecular weight excluding hydrogens is 166 g/mol. The molecule has 72 valence electrons. The lowest BCUT2D eigenvalue weighted by atomic mass is 10.2. The van der Waals surface area contributed by atoms with Gasteiger partial charge in [0.25, 0.3) is 0 Å². The lowest BCUT2D eigenvalue weighted by molar-refractivity contribution is 0.0511. The van der Waals surface area contributed by atoms with Gasteiger partial charge in [0.05, 0.1) is 0 Å². The van der Waals surface area contributed by atoms with E-state index in [0.717, 1.165) is 12.3 Å². The van der Waals surface area contributed by atoms with E-state index in [2.05, 4.69) is 11.4 Å². The first-order valence-electron chi connectivity index (χ1n) is 4.22. The molecule has 0 amide bonds. The van der Waals surface area contributed by atoms with Crippen molar-refractivity contribution < 1.29 is 9.47 Å². The van der Waals surface area contributed by atoms with Crippen LogP contribution in [0.25, 0.3) is 0 Å². The lowest BCUT2D eigenvalue weighted by Crippen LogP contribution is -2.05. The average molecular weight is 181 g/mol. The monoisotopic (exact) mass is 181 g/mol. The van der Waals surface area contributed by atoms with Gasteiger partial charge in [-0.15, -0.1) is 0 Å². The summed E-state index contributed by atoms with van der Waals surface area (Å²) in [4.78, 5) is 0. The molecule has 0 heterocycles. The lowest BCUT2D eigenvalue weighted by Gasteiger charge is -2.06. The fourth-order valence-corrected chi connectivity index (χ4v) is 1.08. The minimum Gasteiger partial charge on any atom is -0.468 e. The van der Waals surface area contributed by atoms with Gasteiger partial charge in [-0.3, -0.25) is 0 Å². The summed E-state index contributed by atoms with van der Waals surface area (Å²) < 4.78 is 10.1. The van der Waals surface area contributed by atoms with Crippen LogP contribution in [-0.2, 0) is 11.3 Å². The molecule has 0 spiro atoms. The van der Waals surface area contributed by atoms with Gasteiger partial charge in [-0.05, 0) is 24.7 Å². The van der Waals surface area contributed by atoms with Crippen molar-refractivity contribution in [2.24, 2.45) is 0 Å². The third kappa shape index (κ3) is 3.44. The zero-order valence-electron chi connectivity index (χ0n) is 8.04. The summed E-state index contributed by atoms with van der Waals surface area (Å²) in [5.74, 6) is 0.842. The predicted octanol–water partition coefficient (Wildman–Crippen LogP) is 1.39. The van der Waals surface area contributed by atoms with E-state index in [1.807, 2.05) is 25.2 Å². The molecule has 0 radical (unpaired) electrons. The van der Waals surface area contributed by atoms with E-state index < -0.39 is 0 Å². The highest BCUT2D eigenvalue weighted by Gasteiger charge is 1.94. The van der Waals surface area contributed by atoms with Crippen molar-refractivity contribution >= 4 is 0 Å². The molecule has 3 heteroatoms. The van der Waals surface area contributed by atoms with Crippen LogP contribution in [0.1, 0.15) is 5.56 Å². The summed E-state index contributed by atoms with van der Waals surface area (Å²) in [6, 6.07) is 7.93. The molecular formula is C10H15NO2. The van der Waals surface area contributed by atoms with Gasteiger partial charge < -0.3 is 14.8 Å². The molecule has 1 rings (SSSR count). The van der Waals surface area contributed by atoms with Gasteiger partial charge in [0.1, 0.15) is 5.75 Å². The van der Waals surface area contributed by atoms with Crippen LogP contribution in [0.5, 0.6) is 5.75 Å².